The van der Waals surface area contributed by atoms with E-state index in [4.69, 9.17) is 21.1 Å². The highest BCUT2D eigenvalue weighted by atomic mass is 35.5. The lowest BCUT2D eigenvalue weighted by molar-refractivity contribution is -0.384. The molecule has 4 rings (SSSR count). The first kappa shape index (κ1) is 27.4. The molecule has 0 aliphatic carbocycles. The Morgan fingerprint density at radius 2 is 1.92 bits per heavy atom. The van der Waals surface area contributed by atoms with Gasteiger partial charge in [-0.25, -0.2) is 4.79 Å². The molecule has 198 valence electrons. The van der Waals surface area contributed by atoms with Crippen LogP contribution < -0.4 is 5.32 Å². The Labute approximate surface area is 229 Å². The number of non-ortho nitro benzene ring substituents is 1. The van der Waals surface area contributed by atoms with Crippen LogP contribution in [0.2, 0.25) is 0 Å². The predicted octanol–water partition coefficient (Wildman–Crippen LogP) is 3.24. The van der Waals surface area contributed by atoms with Crippen molar-refractivity contribution in [2.24, 2.45) is 0 Å². The summed E-state index contributed by atoms with van der Waals surface area (Å²) in [4.78, 5) is 63.1. The molecule has 2 atom stereocenters. The van der Waals surface area contributed by atoms with Crippen molar-refractivity contribution in [2.75, 3.05) is 6.61 Å². The molecule has 11 nitrogen and oxygen atoms in total. The third-order valence-corrected chi connectivity index (χ3v) is 8.14. The number of benzene rings is 1. The summed E-state index contributed by atoms with van der Waals surface area (Å²) in [5.74, 6) is -2.37. The molecule has 1 aromatic heterocycles. The van der Waals surface area contributed by atoms with Crippen LogP contribution in [0, 0.1) is 10.1 Å². The Hall–Kier alpha value is -3.68. The van der Waals surface area contributed by atoms with E-state index in [0.717, 1.165) is 16.6 Å². The van der Waals surface area contributed by atoms with Gasteiger partial charge in [0.25, 0.3) is 11.6 Å². The van der Waals surface area contributed by atoms with Gasteiger partial charge in [0.2, 0.25) is 5.91 Å². The largest absolute Gasteiger partial charge is 0.461 e. The quantitative estimate of drug-likeness (QED) is 0.205. The fourth-order valence-electron chi connectivity index (χ4n) is 3.77. The maximum absolute atomic E-state index is 13.3. The smallest absolute Gasteiger partial charge is 0.355 e. The van der Waals surface area contributed by atoms with Crippen molar-refractivity contribution in [3.05, 3.63) is 84.0 Å². The van der Waals surface area contributed by atoms with Crippen LogP contribution in [-0.4, -0.2) is 51.6 Å². The molecule has 2 aliphatic heterocycles. The van der Waals surface area contributed by atoms with Gasteiger partial charge in [-0.15, -0.1) is 11.3 Å². The molecule has 1 aromatic carbocycles. The Morgan fingerprint density at radius 1 is 1.18 bits per heavy atom. The van der Waals surface area contributed by atoms with Gasteiger partial charge in [-0.3, -0.25) is 29.4 Å². The number of carbonyl (C=O) groups excluding carboxylic acids is 4. The highest BCUT2D eigenvalue weighted by Crippen LogP contribution is 2.47. The molecule has 0 saturated carbocycles. The Balaban J connectivity index is 1.55. The summed E-state index contributed by atoms with van der Waals surface area (Å²) in [5.41, 5.74) is 1.60. The summed E-state index contributed by atoms with van der Waals surface area (Å²) >= 11 is 8.60. The fraction of sp³-hybridized carbons (Fsp3) is 0.250. The fourth-order valence-corrected chi connectivity index (χ4v) is 6.01. The van der Waals surface area contributed by atoms with E-state index in [1.54, 1.807) is 0 Å². The molecule has 1 unspecified atom stereocenters. The average molecular weight is 578 g/mol. The Bertz CT molecular complexity index is 1340. The maximum atomic E-state index is 13.3. The molecule has 2 aromatic rings. The van der Waals surface area contributed by atoms with E-state index in [-0.39, 0.29) is 42.5 Å². The van der Waals surface area contributed by atoms with E-state index in [1.807, 2.05) is 17.5 Å². The highest BCUT2D eigenvalue weighted by molar-refractivity contribution is 8.04. The van der Waals surface area contributed by atoms with Gasteiger partial charge in [0.05, 0.1) is 11.3 Å². The van der Waals surface area contributed by atoms with Crippen molar-refractivity contribution < 1.29 is 33.6 Å². The number of thioether (sulfide) groups is 1. The lowest BCUT2D eigenvalue weighted by Gasteiger charge is -2.50. The molecule has 1 N–H and O–H groups in total. The number of carbonyl (C=O) groups is 4. The van der Waals surface area contributed by atoms with E-state index in [2.05, 4.69) is 5.32 Å². The molecule has 0 bridgehead atoms. The summed E-state index contributed by atoms with van der Waals surface area (Å²) in [6.07, 6.45) is 0.106. The number of hydrogen-bond donors (Lipinski definition) is 1. The second-order valence-electron chi connectivity index (χ2n) is 8.10. The minimum absolute atomic E-state index is 0.106. The number of nitrogens with zero attached hydrogens (tertiary/aromatic N) is 2. The van der Waals surface area contributed by atoms with Crippen LogP contribution in [0.3, 0.4) is 0 Å². The predicted molar refractivity (Wildman–Crippen MR) is 139 cm³/mol. The summed E-state index contributed by atoms with van der Waals surface area (Å²) in [5, 5.41) is 14.7. The normalized spacial score (nSPS) is 19.5. The zero-order chi connectivity index (χ0) is 27.4. The Morgan fingerprint density at radius 3 is 2.53 bits per heavy atom. The van der Waals surface area contributed by atoms with E-state index in [9.17, 15) is 29.3 Å². The number of fused-ring (bicyclic) bond motifs is 1. The second-order valence-corrected chi connectivity index (χ2v) is 10.5. The van der Waals surface area contributed by atoms with Gasteiger partial charge in [-0.05, 0) is 29.1 Å². The zero-order valence-corrected chi connectivity index (χ0v) is 22.1. The van der Waals surface area contributed by atoms with Crippen LogP contribution >= 0.6 is 34.7 Å². The van der Waals surface area contributed by atoms with Crippen LogP contribution in [0.5, 0.6) is 0 Å². The van der Waals surface area contributed by atoms with E-state index < -0.39 is 34.2 Å². The van der Waals surface area contributed by atoms with Gasteiger partial charge in [-0.2, -0.15) is 0 Å². The number of halogens is 1. The van der Waals surface area contributed by atoms with Gasteiger partial charge in [0.15, 0.2) is 0 Å². The van der Waals surface area contributed by atoms with Crippen molar-refractivity contribution in [1.82, 2.24) is 10.2 Å². The first-order valence-electron chi connectivity index (χ1n) is 11.1. The van der Waals surface area contributed by atoms with Crippen LogP contribution in [0.1, 0.15) is 17.4 Å². The minimum atomic E-state index is -0.910. The van der Waals surface area contributed by atoms with Gasteiger partial charge in [0, 0.05) is 39.9 Å². The lowest BCUT2D eigenvalue weighted by Crippen LogP contribution is -2.70. The topological polar surface area (TPSA) is 145 Å². The molecular weight excluding hydrogens is 558 g/mol. The Kier molecular flexibility index (Phi) is 8.49. The molecule has 0 spiro atoms. The van der Waals surface area contributed by atoms with Crippen molar-refractivity contribution in [3.8, 4) is 0 Å². The summed E-state index contributed by atoms with van der Waals surface area (Å²) in [7, 11) is 0. The number of esters is 2. The summed E-state index contributed by atoms with van der Waals surface area (Å²) < 4.78 is 10.5. The first-order chi connectivity index (χ1) is 18.2. The van der Waals surface area contributed by atoms with Gasteiger partial charge in [-0.1, -0.05) is 29.4 Å². The summed E-state index contributed by atoms with van der Waals surface area (Å²) in [6.45, 7) is 0.626. The monoisotopic (exact) mass is 577 g/mol. The maximum Gasteiger partial charge on any atom is 0.355 e. The van der Waals surface area contributed by atoms with E-state index in [0.29, 0.717) is 10.5 Å². The average Bonchev–Trinajstić information content (AvgIpc) is 3.41. The van der Waals surface area contributed by atoms with E-state index in [1.165, 1.54) is 53.0 Å². The van der Waals surface area contributed by atoms with Crippen LogP contribution in [0.25, 0.3) is 0 Å². The zero-order valence-electron chi connectivity index (χ0n) is 19.7. The lowest BCUT2D eigenvalue weighted by atomic mass is 10.0. The van der Waals surface area contributed by atoms with Crippen LogP contribution in [-0.2, 0) is 41.7 Å². The van der Waals surface area contributed by atoms with Crippen molar-refractivity contribution in [1.29, 1.82) is 0 Å². The number of nitro groups is 1. The SMILES string of the molecule is CC(=O)OCC1=C(C(=O)OCc2ccc([N+](=O)[O-])cc2)N2C(=O)C(NC(=O)Cc3cccs3)[C@H]2SC1=CCl. The van der Waals surface area contributed by atoms with Crippen molar-refractivity contribution in [3.63, 3.8) is 0 Å². The molecule has 1 saturated heterocycles. The highest BCUT2D eigenvalue weighted by Gasteiger charge is 2.55. The molecule has 14 heteroatoms. The number of hydrogen-bond acceptors (Lipinski definition) is 10. The second kappa shape index (κ2) is 11.8. The summed E-state index contributed by atoms with van der Waals surface area (Å²) in [6, 6.07) is 8.16. The molecular formula is C24H20ClN3O8S2. The molecule has 2 amide bonds. The molecule has 0 radical (unpaired) electrons. The number of rotatable bonds is 9. The van der Waals surface area contributed by atoms with E-state index >= 15 is 0 Å². The van der Waals surface area contributed by atoms with Crippen molar-refractivity contribution >= 4 is 64.1 Å². The third kappa shape index (κ3) is 5.90. The van der Waals surface area contributed by atoms with Gasteiger partial charge >= 0.3 is 11.9 Å². The number of ether oxygens (including phenoxy) is 2. The number of nitrogens with one attached hydrogen (secondary N) is 1. The van der Waals surface area contributed by atoms with Gasteiger partial charge in [0.1, 0.15) is 30.3 Å². The molecule has 2 aliphatic rings. The standard InChI is InChI=1S/C24H20ClN3O8S2/c1-13(29)35-12-17-18(10-25)38-23-20(26-19(30)9-16-3-2-8-37-16)22(31)27(23)21(17)24(32)36-11-14-4-6-15(7-5-14)28(33)34/h2-8,10,20,23H,9,11-12H2,1H3,(H,26,30)/t20?,23-/m1/s1. The van der Waals surface area contributed by atoms with Crippen LogP contribution in [0.4, 0.5) is 5.69 Å². The van der Waals surface area contributed by atoms with Crippen molar-refractivity contribution in [2.45, 2.75) is 31.4 Å². The number of amides is 2. The molecule has 3 heterocycles. The van der Waals surface area contributed by atoms with Gasteiger partial charge < -0.3 is 14.8 Å². The third-order valence-electron chi connectivity index (χ3n) is 5.58. The molecule has 1 fully saturated rings. The first-order valence-corrected chi connectivity index (χ1v) is 13.3. The molecule has 38 heavy (non-hydrogen) atoms. The number of nitro benzene ring substituents is 1. The van der Waals surface area contributed by atoms with Crippen LogP contribution in [0.15, 0.2) is 63.5 Å². The number of thiophene rings is 1. The number of β-lactam (4-membered cyclic amide) rings is 1. The minimum Gasteiger partial charge on any atom is -0.461 e.